The van der Waals surface area contributed by atoms with Gasteiger partial charge in [0, 0.05) is 30.9 Å². The topological polar surface area (TPSA) is 56.9 Å². The number of rotatable bonds is 6. The van der Waals surface area contributed by atoms with Crippen LogP contribution in [0.5, 0.6) is 0 Å². The number of carbonyl (C=O) groups is 1. The minimum Gasteiger partial charge on any atom is -0.367 e. The molecule has 3 N–H and O–H groups in total. The van der Waals surface area contributed by atoms with Crippen LogP contribution >= 0.6 is 0 Å². The number of aromatic amines is 1. The molecule has 0 aromatic carbocycles. The van der Waals surface area contributed by atoms with E-state index in [4.69, 9.17) is 0 Å². The minimum absolute atomic E-state index is 0.118. The second kappa shape index (κ2) is 5.36. The summed E-state index contributed by atoms with van der Waals surface area (Å²) in [6.45, 7) is 1.80. The van der Waals surface area contributed by atoms with Gasteiger partial charge >= 0.3 is 0 Å². The lowest BCUT2D eigenvalue weighted by molar-refractivity contribution is -0.121. The average molecular weight is 235 g/mol. The molecule has 94 valence electrons. The summed E-state index contributed by atoms with van der Waals surface area (Å²) in [5, 5.41) is 6.28. The molecule has 0 radical (unpaired) electrons. The molecule has 1 aliphatic rings. The molecule has 1 aromatic rings. The first-order valence-electron chi connectivity index (χ1n) is 6.27. The van der Waals surface area contributed by atoms with Crippen molar-refractivity contribution < 1.29 is 4.79 Å². The average Bonchev–Trinajstić information content (AvgIpc) is 2.74. The van der Waals surface area contributed by atoms with Crippen molar-refractivity contribution in [2.24, 2.45) is 5.41 Å². The Morgan fingerprint density at radius 3 is 2.82 bits per heavy atom. The summed E-state index contributed by atoms with van der Waals surface area (Å²) in [5.74, 6) is 0.118. The smallest absolute Gasteiger partial charge is 0.224 e. The molecule has 0 unspecified atom stereocenters. The molecule has 17 heavy (non-hydrogen) atoms. The van der Waals surface area contributed by atoms with Crippen molar-refractivity contribution in [3.63, 3.8) is 0 Å². The molecule has 2 rings (SSSR count). The zero-order valence-electron chi connectivity index (χ0n) is 10.4. The standard InChI is InChI=1S/C13H21N3O/c1-14-9-13(4-2-5-13)10-16-12(17)7-11-3-6-15-8-11/h3,6,8,14-15H,2,4-5,7,9-10H2,1H3,(H,16,17). The van der Waals surface area contributed by atoms with Gasteiger partial charge in [-0.25, -0.2) is 0 Å². The van der Waals surface area contributed by atoms with Crippen LogP contribution in [0.3, 0.4) is 0 Å². The van der Waals surface area contributed by atoms with Gasteiger partial charge in [-0.3, -0.25) is 4.79 Å². The van der Waals surface area contributed by atoms with Crippen molar-refractivity contribution in [1.82, 2.24) is 15.6 Å². The van der Waals surface area contributed by atoms with Gasteiger partial charge in [0.15, 0.2) is 0 Å². The lowest BCUT2D eigenvalue weighted by Crippen LogP contribution is -2.47. The van der Waals surface area contributed by atoms with Crippen molar-refractivity contribution in [1.29, 1.82) is 0 Å². The van der Waals surface area contributed by atoms with Crippen LogP contribution in [-0.4, -0.2) is 31.0 Å². The van der Waals surface area contributed by atoms with Gasteiger partial charge in [0.1, 0.15) is 0 Å². The zero-order chi connectivity index (χ0) is 12.1. The predicted molar refractivity (Wildman–Crippen MR) is 67.7 cm³/mol. The van der Waals surface area contributed by atoms with Gasteiger partial charge in [-0.2, -0.15) is 0 Å². The number of hydrogen-bond acceptors (Lipinski definition) is 2. The monoisotopic (exact) mass is 235 g/mol. The molecule has 4 heteroatoms. The number of amides is 1. The maximum atomic E-state index is 11.8. The zero-order valence-corrected chi connectivity index (χ0v) is 10.4. The quantitative estimate of drug-likeness (QED) is 0.690. The Bertz CT molecular complexity index is 355. The van der Waals surface area contributed by atoms with E-state index < -0.39 is 0 Å². The van der Waals surface area contributed by atoms with E-state index in [-0.39, 0.29) is 5.91 Å². The fraction of sp³-hybridized carbons (Fsp3) is 0.615. The van der Waals surface area contributed by atoms with Crippen LogP contribution in [0.1, 0.15) is 24.8 Å². The molecule has 0 spiro atoms. The Balaban J connectivity index is 1.75. The summed E-state index contributed by atoms with van der Waals surface area (Å²) >= 11 is 0. The van der Waals surface area contributed by atoms with Gasteiger partial charge in [-0.05, 0) is 31.5 Å². The van der Waals surface area contributed by atoms with Gasteiger partial charge in [-0.1, -0.05) is 6.42 Å². The van der Waals surface area contributed by atoms with Gasteiger partial charge < -0.3 is 15.6 Å². The summed E-state index contributed by atoms with van der Waals surface area (Å²) in [4.78, 5) is 14.7. The first kappa shape index (κ1) is 12.2. The van der Waals surface area contributed by atoms with Crippen molar-refractivity contribution >= 4 is 5.91 Å². The van der Waals surface area contributed by atoms with E-state index in [1.54, 1.807) is 0 Å². The maximum absolute atomic E-state index is 11.8. The predicted octanol–water partition coefficient (Wildman–Crippen LogP) is 1.06. The fourth-order valence-electron chi connectivity index (χ4n) is 2.47. The molecule has 0 bridgehead atoms. The SMILES string of the molecule is CNCC1(CNC(=O)Cc2cc[nH]c2)CCC1. The Hall–Kier alpha value is -1.29. The number of carbonyl (C=O) groups excluding carboxylic acids is 1. The van der Waals surface area contributed by atoms with Crippen LogP contribution in [0.25, 0.3) is 0 Å². The first-order chi connectivity index (χ1) is 8.24. The first-order valence-corrected chi connectivity index (χ1v) is 6.27. The van der Waals surface area contributed by atoms with Gasteiger partial charge in [0.25, 0.3) is 0 Å². The van der Waals surface area contributed by atoms with Crippen molar-refractivity contribution in [2.75, 3.05) is 20.1 Å². The molecule has 1 heterocycles. The summed E-state index contributed by atoms with van der Waals surface area (Å²) < 4.78 is 0. The normalized spacial score (nSPS) is 17.5. The van der Waals surface area contributed by atoms with E-state index in [1.165, 1.54) is 19.3 Å². The Labute approximate surface area is 102 Å². The molecule has 4 nitrogen and oxygen atoms in total. The molecule has 0 atom stereocenters. The third-order valence-corrected chi connectivity index (χ3v) is 3.65. The largest absolute Gasteiger partial charge is 0.367 e. The van der Waals surface area contributed by atoms with E-state index in [0.29, 0.717) is 11.8 Å². The number of H-pyrrole nitrogens is 1. The second-order valence-electron chi connectivity index (χ2n) is 5.06. The minimum atomic E-state index is 0.118. The summed E-state index contributed by atoms with van der Waals surface area (Å²) in [6.07, 6.45) is 7.91. The van der Waals surface area contributed by atoms with E-state index in [2.05, 4.69) is 15.6 Å². The van der Waals surface area contributed by atoms with Gasteiger partial charge in [0.2, 0.25) is 5.91 Å². The highest BCUT2D eigenvalue weighted by Gasteiger charge is 2.36. The van der Waals surface area contributed by atoms with E-state index in [0.717, 1.165) is 18.7 Å². The molecule has 1 amide bonds. The van der Waals surface area contributed by atoms with Crippen LogP contribution in [0, 0.1) is 5.41 Å². The fourth-order valence-corrected chi connectivity index (χ4v) is 2.47. The van der Waals surface area contributed by atoms with E-state index >= 15 is 0 Å². The van der Waals surface area contributed by atoms with Crippen molar-refractivity contribution in [3.8, 4) is 0 Å². The number of hydrogen-bond donors (Lipinski definition) is 3. The number of aromatic nitrogens is 1. The van der Waals surface area contributed by atoms with E-state index in [1.807, 2.05) is 25.5 Å². The van der Waals surface area contributed by atoms with E-state index in [9.17, 15) is 4.79 Å². The van der Waals surface area contributed by atoms with Crippen LogP contribution in [0.15, 0.2) is 18.5 Å². The maximum Gasteiger partial charge on any atom is 0.224 e. The lowest BCUT2D eigenvalue weighted by Gasteiger charge is -2.42. The third kappa shape index (κ3) is 3.09. The van der Waals surface area contributed by atoms with Gasteiger partial charge in [0.05, 0.1) is 6.42 Å². The lowest BCUT2D eigenvalue weighted by atomic mass is 9.68. The Kier molecular flexibility index (Phi) is 3.84. The summed E-state index contributed by atoms with van der Waals surface area (Å²) in [7, 11) is 1.97. The second-order valence-corrected chi connectivity index (χ2v) is 5.06. The van der Waals surface area contributed by atoms with Crippen LogP contribution in [0.4, 0.5) is 0 Å². The molecule has 0 saturated heterocycles. The molecular formula is C13H21N3O. The van der Waals surface area contributed by atoms with Gasteiger partial charge in [-0.15, -0.1) is 0 Å². The molecule has 1 aromatic heterocycles. The molecule has 1 fully saturated rings. The molecule has 1 saturated carbocycles. The highest BCUT2D eigenvalue weighted by atomic mass is 16.1. The Morgan fingerprint density at radius 2 is 2.29 bits per heavy atom. The van der Waals surface area contributed by atoms with Crippen LogP contribution in [-0.2, 0) is 11.2 Å². The van der Waals surface area contributed by atoms with Crippen molar-refractivity contribution in [2.45, 2.75) is 25.7 Å². The molecular weight excluding hydrogens is 214 g/mol. The Morgan fingerprint density at radius 1 is 1.47 bits per heavy atom. The highest BCUT2D eigenvalue weighted by molar-refractivity contribution is 5.78. The summed E-state index contributed by atoms with van der Waals surface area (Å²) in [6, 6.07) is 1.94. The molecule has 1 aliphatic carbocycles. The highest BCUT2D eigenvalue weighted by Crippen LogP contribution is 2.39. The number of nitrogens with one attached hydrogen (secondary N) is 3. The third-order valence-electron chi connectivity index (χ3n) is 3.65. The van der Waals surface area contributed by atoms with Crippen molar-refractivity contribution in [3.05, 3.63) is 24.0 Å². The van der Waals surface area contributed by atoms with Crippen LogP contribution < -0.4 is 10.6 Å². The van der Waals surface area contributed by atoms with Crippen LogP contribution in [0.2, 0.25) is 0 Å². The summed E-state index contributed by atoms with van der Waals surface area (Å²) in [5.41, 5.74) is 1.35. The molecule has 0 aliphatic heterocycles.